The van der Waals surface area contributed by atoms with E-state index in [0.717, 1.165) is 22.0 Å². The first kappa shape index (κ1) is 19.2. The van der Waals surface area contributed by atoms with E-state index in [1.54, 1.807) is 19.1 Å². The van der Waals surface area contributed by atoms with Crippen molar-refractivity contribution < 1.29 is 9.90 Å². The van der Waals surface area contributed by atoms with Crippen LogP contribution in [0.2, 0.25) is 0 Å². The Labute approximate surface area is 164 Å². The van der Waals surface area contributed by atoms with Gasteiger partial charge >= 0.3 is 0 Å². The maximum Gasteiger partial charge on any atom is 0.262 e. The van der Waals surface area contributed by atoms with Crippen LogP contribution < -0.4 is 10.7 Å². The molecule has 0 aromatic heterocycles. The lowest BCUT2D eigenvalue weighted by atomic mass is 10.1. The molecule has 3 aromatic carbocycles. The molecule has 0 fully saturated rings. The molecular formula is C23H23N3O2. The van der Waals surface area contributed by atoms with Gasteiger partial charge in [-0.05, 0) is 36.4 Å². The van der Waals surface area contributed by atoms with Crippen molar-refractivity contribution in [2.45, 2.75) is 19.4 Å². The number of hydrogen-bond acceptors (Lipinski definition) is 4. The van der Waals surface area contributed by atoms with Gasteiger partial charge in [-0.15, -0.1) is 6.58 Å². The second kappa shape index (κ2) is 8.86. The SMILES string of the molecule is C=CCc1cccc(C=NNC(=O)C(C)Nc2cccc3ccccc23)c1O. The lowest BCUT2D eigenvalue weighted by molar-refractivity contribution is -0.121. The van der Waals surface area contributed by atoms with Crippen LogP contribution in [-0.2, 0) is 11.2 Å². The summed E-state index contributed by atoms with van der Waals surface area (Å²) in [7, 11) is 0. The molecule has 0 saturated heterocycles. The predicted octanol–water partition coefficient (Wildman–Crippen LogP) is 4.22. The van der Waals surface area contributed by atoms with Gasteiger partial charge in [0.25, 0.3) is 5.91 Å². The zero-order valence-corrected chi connectivity index (χ0v) is 15.7. The highest BCUT2D eigenvalue weighted by molar-refractivity contribution is 5.96. The number of amides is 1. The van der Waals surface area contributed by atoms with Crippen LogP contribution in [0.4, 0.5) is 5.69 Å². The molecule has 1 atom stereocenters. The molecule has 0 heterocycles. The van der Waals surface area contributed by atoms with Gasteiger partial charge in [-0.25, -0.2) is 5.43 Å². The minimum absolute atomic E-state index is 0.141. The minimum Gasteiger partial charge on any atom is -0.507 e. The van der Waals surface area contributed by atoms with Gasteiger partial charge in [0.15, 0.2) is 0 Å². The topological polar surface area (TPSA) is 73.7 Å². The summed E-state index contributed by atoms with van der Waals surface area (Å²) in [4.78, 5) is 12.4. The number of hydrogen-bond donors (Lipinski definition) is 3. The van der Waals surface area contributed by atoms with Crippen LogP contribution in [-0.4, -0.2) is 23.3 Å². The Morgan fingerprint density at radius 3 is 2.71 bits per heavy atom. The third-order valence-corrected chi connectivity index (χ3v) is 4.45. The van der Waals surface area contributed by atoms with Crippen molar-refractivity contribution in [2.75, 3.05) is 5.32 Å². The standard InChI is InChI=1S/C23H23N3O2/c1-3-8-18-11-6-12-19(22(18)27)15-24-26-23(28)16(2)25-21-14-7-10-17-9-4-5-13-20(17)21/h3-7,9-16,25,27H,1,8H2,2H3,(H,26,28). The molecule has 0 aliphatic rings. The first-order valence-corrected chi connectivity index (χ1v) is 9.09. The molecule has 0 spiro atoms. The van der Waals surface area contributed by atoms with Gasteiger partial charge in [-0.1, -0.05) is 54.6 Å². The molecule has 1 unspecified atom stereocenters. The molecule has 28 heavy (non-hydrogen) atoms. The van der Waals surface area contributed by atoms with E-state index in [-0.39, 0.29) is 11.7 Å². The molecule has 0 saturated carbocycles. The fourth-order valence-corrected chi connectivity index (χ4v) is 2.95. The fourth-order valence-electron chi connectivity index (χ4n) is 2.95. The first-order chi connectivity index (χ1) is 13.6. The molecule has 0 aliphatic carbocycles. The second-order valence-corrected chi connectivity index (χ2v) is 6.47. The molecule has 142 valence electrons. The Hall–Kier alpha value is -3.60. The molecule has 5 heteroatoms. The summed E-state index contributed by atoms with van der Waals surface area (Å²) >= 11 is 0. The van der Waals surface area contributed by atoms with E-state index in [4.69, 9.17) is 0 Å². The third-order valence-electron chi connectivity index (χ3n) is 4.45. The van der Waals surface area contributed by atoms with Crippen molar-refractivity contribution in [1.29, 1.82) is 0 Å². The number of allylic oxidation sites excluding steroid dienone is 1. The van der Waals surface area contributed by atoms with Crippen molar-refractivity contribution in [1.82, 2.24) is 5.43 Å². The minimum atomic E-state index is -0.483. The van der Waals surface area contributed by atoms with Crippen LogP contribution in [0.3, 0.4) is 0 Å². The quantitative estimate of drug-likeness (QED) is 0.330. The van der Waals surface area contributed by atoms with Gasteiger partial charge in [0.1, 0.15) is 11.8 Å². The lowest BCUT2D eigenvalue weighted by Gasteiger charge is -2.15. The van der Waals surface area contributed by atoms with Crippen LogP contribution in [0, 0.1) is 0 Å². The van der Waals surface area contributed by atoms with E-state index in [1.165, 1.54) is 6.21 Å². The van der Waals surface area contributed by atoms with Crippen molar-refractivity contribution in [2.24, 2.45) is 5.10 Å². The number of hydrazone groups is 1. The molecular weight excluding hydrogens is 350 g/mol. The van der Waals surface area contributed by atoms with Gasteiger partial charge in [0.05, 0.1) is 6.21 Å². The molecule has 0 radical (unpaired) electrons. The van der Waals surface area contributed by atoms with Gasteiger partial charge < -0.3 is 10.4 Å². The predicted molar refractivity (Wildman–Crippen MR) is 115 cm³/mol. The number of carbonyl (C=O) groups excluding carboxylic acids is 1. The molecule has 5 nitrogen and oxygen atoms in total. The molecule has 0 bridgehead atoms. The van der Waals surface area contributed by atoms with Crippen LogP contribution >= 0.6 is 0 Å². The number of benzene rings is 3. The zero-order chi connectivity index (χ0) is 19.9. The average Bonchev–Trinajstić information content (AvgIpc) is 2.71. The summed E-state index contributed by atoms with van der Waals surface area (Å²) in [5.74, 6) is -0.131. The summed E-state index contributed by atoms with van der Waals surface area (Å²) in [5, 5.41) is 19.6. The van der Waals surface area contributed by atoms with E-state index in [2.05, 4.69) is 22.4 Å². The summed E-state index contributed by atoms with van der Waals surface area (Å²) < 4.78 is 0. The largest absolute Gasteiger partial charge is 0.507 e. The Kier molecular flexibility index (Phi) is 6.07. The summed E-state index contributed by atoms with van der Waals surface area (Å²) in [6.45, 7) is 5.45. The van der Waals surface area contributed by atoms with E-state index < -0.39 is 6.04 Å². The van der Waals surface area contributed by atoms with Gasteiger partial charge in [-0.2, -0.15) is 5.10 Å². The van der Waals surface area contributed by atoms with Crippen molar-refractivity contribution >= 4 is 28.6 Å². The van der Waals surface area contributed by atoms with E-state index in [0.29, 0.717) is 12.0 Å². The van der Waals surface area contributed by atoms with Crippen molar-refractivity contribution in [3.8, 4) is 5.75 Å². The smallest absolute Gasteiger partial charge is 0.262 e. The highest BCUT2D eigenvalue weighted by Crippen LogP contribution is 2.24. The Balaban J connectivity index is 1.65. The van der Waals surface area contributed by atoms with Crippen LogP contribution in [0.1, 0.15) is 18.1 Å². The maximum absolute atomic E-state index is 12.4. The number of carbonyl (C=O) groups is 1. The number of phenols is 1. The van der Waals surface area contributed by atoms with Crippen LogP contribution in [0.5, 0.6) is 5.75 Å². The fraction of sp³-hybridized carbons (Fsp3) is 0.130. The highest BCUT2D eigenvalue weighted by Gasteiger charge is 2.13. The van der Waals surface area contributed by atoms with E-state index in [9.17, 15) is 9.90 Å². The third kappa shape index (κ3) is 4.38. The second-order valence-electron chi connectivity index (χ2n) is 6.47. The summed E-state index contributed by atoms with van der Waals surface area (Å²) in [6.07, 6.45) is 3.72. The first-order valence-electron chi connectivity index (χ1n) is 9.09. The van der Waals surface area contributed by atoms with E-state index in [1.807, 2.05) is 54.6 Å². The van der Waals surface area contributed by atoms with Gasteiger partial charge in [0.2, 0.25) is 0 Å². The average molecular weight is 373 g/mol. The Bertz CT molecular complexity index is 1020. The number of para-hydroxylation sites is 1. The zero-order valence-electron chi connectivity index (χ0n) is 15.7. The number of phenolic OH excluding ortho intramolecular Hbond substituents is 1. The molecule has 1 amide bonds. The highest BCUT2D eigenvalue weighted by atomic mass is 16.3. The summed E-state index contributed by atoms with van der Waals surface area (Å²) in [5.41, 5.74) is 4.70. The van der Waals surface area contributed by atoms with Gasteiger partial charge in [-0.3, -0.25) is 4.79 Å². The van der Waals surface area contributed by atoms with Crippen LogP contribution in [0.25, 0.3) is 10.8 Å². The lowest BCUT2D eigenvalue weighted by Crippen LogP contribution is -2.34. The number of nitrogens with zero attached hydrogens (tertiary/aromatic N) is 1. The monoisotopic (exact) mass is 373 g/mol. The molecule has 3 N–H and O–H groups in total. The molecule has 3 rings (SSSR count). The van der Waals surface area contributed by atoms with Crippen molar-refractivity contribution in [3.05, 3.63) is 84.4 Å². The normalized spacial score (nSPS) is 12.0. The van der Waals surface area contributed by atoms with Gasteiger partial charge in [0, 0.05) is 16.6 Å². The van der Waals surface area contributed by atoms with E-state index >= 15 is 0 Å². The van der Waals surface area contributed by atoms with Crippen molar-refractivity contribution in [3.63, 3.8) is 0 Å². The Morgan fingerprint density at radius 2 is 1.89 bits per heavy atom. The number of nitrogens with one attached hydrogen (secondary N) is 2. The van der Waals surface area contributed by atoms with Crippen LogP contribution in [0.15, 0.2) is 78.4 Å². The maximum atomic E-state index is 12.4. The molecule has 3 aromatic rings. The molecule has 0 aliphatic heterocycles. The number of rotatable bonds is 7. The Morgan fingerprint density at radius 1 is 1.14 bits per heavy atom. The number of anilines is 1. The number of aromatic hydroxyl groups is 1. The number of fused-ring (bicyclic) bond motifs is 1. The summed E-state index contributed by atoms with van der Waals surface area (Å²) in [6, 6.07) is 18.8.